The first-order valence-electron chi connectivity index (χ1n) is 7.30. The van der Waals surface area contributed by atoms with E-state index in [1.54, 1.807) is 12.1 Å². The summed E-state index contributed by atoms with van der Waals surface area (Å²) in [4.78, 5) is 37.0. The number of phenols is 2. The second-order valence-electron chi connectivity index (χ2n) is 5.82. The van der Waals surface area contributed by atoms with Gasteiger partial charge in [-0.05, 0) is 6.42 Å². The Kier molecular flexibility index (Phi) is 2.69. The van der Waals surface area contributed by atoms with Crippen LogP contribution in [0.3, 0.4) is 0 Å². The van der Waals surface area contributed by atoms with Gasteiger partial charge in [-0.15, -0.1) is 0 Å². The summed E-state index contributed by atoms with van der Waals surface area (Å²) in [5, 5.41) is 21.0. The lowest BCUT2D eigenvalue weighted by Crippen LogP contribution is -2.24. The minimum absolute atomic E-state index is 0.0366. The van der Waals surface area contributed by atoms with E-state index in [2.05, 4.69) is 0 Å². The maximum atomic E-state index is 12.7. The molecule has 5 nitrogen and oxygen atoms in total. The van der Waals surface area contributed by atoms with E-state index in [0.717, 1.165) is 0 Å². The molecule has 2 aliphatic carbocycles. The number of hydrogen-bond acceptors (Lipinski definition) is 5. The zero-order chi connectivity index (χ0) is 16.3. The Labute approximate surface area is 131 Å². The van der Waals surface area contributed by atoms with Gasteiger partial charge in [-0.2, -0.15) is 0 Å². The molecule has 114 valence electrons. The number of rotatable bonds is 0. The highest BCUT2D eigenvalue weighted by molar-refractivity contribution is 6.30. The van der Waals surface area contributed by atoms with E-state index in [1.165, 1.54) is 12.1 Å². The van der Waals surface area contributed by atoms with Crippen molar-refractivity contribution in [3.63, 3.8) is 0 Å². The molecule has 0 radical (unpaired) electrons. The largest absolute Gasteiger partial charge is 0.507 e. The maximum Gasteiger partial charge on any atom is 0.198 e. The minimum atomic E-state index is -0.510. The Morgan fingerprint density at radius 1 is 0.739 bits per heavy atom. The zero-order valence-electron chi connectivity index (χ0n) is 12.0. The molecule has 0 spiro atoms. The number of carbonyl (C=O) groups is 3. The number of carbonyl (C=O) groups excluding carboxylic acids is 3. The highest BCUT2D eigenvalue weighted by atomic mass is 16.3. The van der Waals surface area contributed by atoms with Gasteiger partial charge in [0.2, 0.25) is 0 Å². The summed E-state index contributed by atoms with van der Waals surface area (Å²) in [6, 6.07) is 6.31. The molecule has 4 rings (SSSR count). The molecule has 5 heteroatoms. The van der Waals surface area contributed by atoms with E-state index in [0.29, 0.717) is 5.56 Å². The topological polar surface area (TPSA) is 91.7 Å². The molecule has 2 N–H and O–H groups in total. The fourth-order valence-corrected chi connectivity index (χ4v) is 3.42. The second kappa shape index (κ2) is 4.52. The molecule has 0 aliphatic heterocycles. The summed E-state index contributed by atoms with van der Waals surface area (Å²) >= 11 is 0. The van der Waals surface area contributed by atoms with E-state index >= 15 is 0 Å². The summed E-state index contributed by atoms with van der Waals surface area (Å²) in [7, 11) is 0. The second-order valence-corrected chi connectivity index (χ2v) is 5.82. The van der Waals surface area contributed by atoms with E-state index in [-0.39, 0.29) is 64.4 Å². The van der Waals surface area contributed by atoms with Gasteiger partial charge in [0.25, 0.3) is 0 Å². The SMILES string of the molecule is O=C1CCc2c(O)c3c(c(O)c2C1)C(=O)c1ccccc1C3=O. The van der Waals surface area contributed by atoms with Crippen molar-refractivity contribution in [3.05, 3.63) is 57.6 Å². The predicted octanol–water partition coefficient (Wildman–Crippen LogP) is 1.93. The van der Waals surface area contributed by atoms with Crippen molar-refractivity contribution in [1.82, 2.24) is 0 Å². The third kappa shape index (κ3) is 1.70. The van der Waals surface area contributed by atoms with Gasteiger partial charge in [0, 0.05) is 35.1 Å². The van der Waals surface area contributed by atoms with Crippen LogP contribution in [0.15, 0.2) is 24.3 Å². The quantitative estimate of drug-likeness (QED) is 0.619. The number of hydrogen-bond donors (Lipinski definition) is 2. The summed E-state index contributed by atoms with van der Waals surface area (Å²) in [6.45, 7) is 0. The first-order chi connectivity index (χ1) is 11.0. The number of benzene rings is 2. The van der Waals surface area contributed by atoms with Gasteiger partial charge in [-0.3, -0.25) is 14.4 Å². The average Bonchev–Trinajstić information content (AvgIpc) is 2.56. The first kappa shape index (κ1) is 13.7. The smallest absolute Gasteiger partial charge is 0.198 e. The summed E-state index contributed by atoms with van der Waals surface area (Å²) in [6.07, 6.45) is 0.465. The molecular formula is C18H12O5. The normalized spacial score (nSPS) is 15.9. The van der Waals surface area contributed by atoms with Crippen LogP contribution in [0.5, 0.6) is 11.5 Å². The van der Waals surface area contributed by atoms with Crippen molar-refractivity contribution in [2.45, 2.75) is 19.3 Å². The summed E-state index contributed by atoms with van der Waals surface area (Å²) in [5.74, 6) is -1.70. The Balaban J connectivity index is 2.08. The van der Waals surface area contributed by atoms with Crippen molar-refractivity contribution in [2.75, 3.05) is 0 Å². The monoisotopic (exact) mass is 308 g/mol. The van der Waals surface area contributed by atoms with E-state index in [1.807, 2.05) is 0 Å². The molecule has 2 aromatic carbocycles. The van der Waals surface area contributed by atoms with Crippen molar-refractivity contribution in [1.29, 1.82) is 0 Å². The van der Waals surface area contributed by atoms with Crippen LogP contribution in [0.4, 0.5) is 0 Å². The van der Waals surface area contributed by atoms with Crippen molar-refractivity contribution in [2.24, 2.45) is 0 Å². The lowest BCUT2D eigenvalue weighted by atomic mass is 9.77. The Hall–Kier alpha value is -2.95. The standard InChI is InChI=1S/C18H12O5/c19-8-5-6-11-12(7-8)18(23)14-13(17(11)22)15(20)9-3-1-2-4-10(9)16(14)21/h1-4,22-23H,5-7H2. The lowest BCUT2D eigenvalue weighted by Gasteiger charge is -2.25. The number of Topliss-reactive ketones (excluding diaryl/α,β-unsaturated/α-hetero) is 1. The van der Waals surface area contributed by atoms with Gasteiger partial charge in [0.15, 0.2) is 11.6 Å². The highest BCUT2D eigenvalue weighted by Gasteiger charge is 2.38. The number of fused-ring (bicyclic) bond motifs is 3. The predicted molar refractivity (Wildman–Crippen MR) is 80.1 cm³/mol. The van der Waals surface area contributed by atoms with Crippen molar-refractivity contribution < 1.29 is 24.6 Å². The molecule has 0 saturated carbocycles. The van der Waals surface area contributed by atoms with E-state index in [4.69, 9.17) is 0 Å². The number of ketones is 3. The van der Waals surface area contributed by atoms with Crippen LogP contribution in [0, 0.1) is 0 Å². The average molecular weight is 308 g/mol. The third-order valence-electron chi connectivity index (χ3n) is 4.56. The third-order valence-corrected chi connectivity index (χ3v) is 4.56. The van der Waals surface area contributed by atoms with Crippen LogP contribution in [-0.4, -0.2) is 27.6 Å². The molecule has 0 unspecified atom stereocenters. The van der Waals surface area contributed by atoms with Gasteiger partial charge >= 0.3 is 0 Å². The van der Waals surface area contributed by atoms with Gasteiger partial charge in [0.05, 0.1) is 11.1 Å². The zero-order valence-corrected chi connectivity index (χ0v) is 12.0. The van der Waals surface area contributed by atoms with Crippen LogP contribution in [-0.2, 0) is 17.6 Å². The van der Waals surface area contributed by atoms with E-state index < -0.39 is 11.6 Å². The molecule has 0 aromatic heterocycles. The molecule has 0 saturated heterocycles. The molecular weight excluding hydrogens is 296 g/mol. The van der Waals surface area contributed by atoms with Crippen LogP contribution >= 0.6 is 0 Å². The maximum absolute atomic E-state index is 12.7. The van der Waals surface area contributed by atoms with Gasteiger partial charge in [0.1, 0.15) is 17.3 Å². The van der Waals surface area contributed by atoms with Crippen LogP contribution in [0.1, 0.15) is 49.4 Å². The van der Waals surface area contributed by atoms with Crippen LogP contribution in [0.2, 0.25) is 0 Å². The molecule has 0 atom stereocenters. The summed E-state index contributed by atoms with van der Waals surface area (Å²) in [5.41, 5.74) is 0.715. The fraction of sp³-hybridized carbons (Fsp3) is 0.167. The van der Waals surface area contributed by atoms with Crippen molar-refractivity contribution in [3.8, 4) is 11.5 Å². The highest BCUT2D eigenvalue weighted by Crippen LogP contribution is 2.44. The Bertz CT molecular complexity index is 923. The lowest BCUT2D eigenvalue weighted by molar-refractivity contribution is -0.118. The molecule has 0 fully saturated rings. The van der Waals surface area contributed by atoms with Gasteiger partial charge in [-0.25, -0.2) is 0 Å². The van der Waals surface area contributed by atoms with Gasteiger partial charge in [-0.1, -0.05) is 24.3 Å². The Morgan fingerprint density at radius 2 is 1.26 bits per heavy atom. The molecule has 2 aromatic rings. The minimum Gasteiger partial charge on any atom is -0.507 e. The van der Waals surface area contributed by atoms with Crippen LogP contribution in [0.25, 0.3) is 0 Å². The van der Waals surface area contributed by atoms with E-state index in [9.17, 15) is 24.6 Å². The summed E-state index contributed by atoms with van der Waals surface area (Å²) < 4.78 is 0. The fourth-order valence-electron chi connectivity index (χ4n) is 3.42. The molecule has 2 aliphatic rings. The molecule has 0 bridgehead atoms. The molecule has 0 heterocycles. The first-order valence-corrected chi connectivity index (χ1v) is 7.30. The van der Waals surface area contributed by atoms with Gasteiger partial charge < -0.3 is 10.2 Å². The molecule has 0 amide bonds. The Morgan fingerprint density at radius 3 is 1.83 bits per heavy atom. The molecule has 23 heavy (non-hydrogen) atoms. The number of phenolic OH excluding ortho intramolecular Hbond substituents is 2. The van der Waals surface area contributed by atoms with Crippen molar-refractivity contribution >= 4 is 17.3 Å². The van der Waals surface area contributed by atoms with Crippen LogP contribution < -0.4 is 0 Å². The number of aromatic hydroxyl groups is 2.